The molecule has 32 heavy (non-hydrogen) atoms. The van der Waals surface area contributed by atoms with Gasteiger partial charge in [-0.1, -0.05) is 29.8 Å². The van der Waals surface area contributed by atoms with Gasteiger partial charge in [-0.25, -0.2) is 10.4 Å². The highest BCUT2D eigenvalue weighted by molar-refractivity contribution is 5.83. The first-order valence-electron chi connectivity index (χ1n) is 9.70. The largest absolute Gasteiger partial charge is 0.493 e. The molecule has 166 valence electrons. The van der Waals surface area contributed by atoms with Crippen LogP contribution >= 0.6 is 0 Å². The second-order valence-electron chi connectivity index (χ2n) is 7.10. The summed E-state index contributed by atoms with van der Waals surface area (Å²) in [6.07, 6.45) is 1.36. The number of methoxy groups -OCH3 is 1. The maximum absolute atomic E-state index is 11.8. The molecule has 0 aliphatic carbocycles. The fourth-order valence-corrected chi connectivity index (χ4v) is 2.94. The van der Waals surface area contributed by atoms with Gasteiger partial charge >= 0.3 is 5.69 Å². The first-order valence-corrected chi connectivity index (χ1v) is 9.70. The highest BCUT2D eigenvalue weighted by atomic mass is 16.6. The number of H-pyrrole nitrogens is 1. The normalized spacial score (nSPS) is 10.9. The Bertz CT molecular complexity index is 1240. The molecule has 10 nitrogen and oxygen atoms in total. The van der Waals surface area contributed by atoms with Crippen LogP contribution in [0.15, 0.2) is 46.3 Å². The molecule has 0 fully saturated rings. The van der Waals surface area contributed by atoms with Crippen molar-refractivity contribution in [2.75, 3.05) is 12.5 Å². The van der Waals surface area contributed by atoms with Crippen LogP contribution in [-0.2, 0) is 6.61 Å². The van der Waals surface area contributed by atoms with Crippen LogP contribution in [0.1, 0.15) is 27.9 Å². The van der Waals surface area contributed by atoms with Crippen molar-refractivity contribution in [1.29, 1.82) is 0 Å². The molecule has 3 rings (SSSR count). The number of anilines is 1. The molecule has 2 aromatic carbocycles. The molecule has 0 aliphatic rings. The van der Waals surface area contributed by atoms with Gasteiger partial charge in [0.05, 0.1) is 18.2 Å². The first kappa shape index (κ1) is 22.5. The zero-order chi connectivity index (χ0) is 23.3. The smallest absolute Gasteiger partial charge is 0.315 e. The summed E-state index contributed by atoms with van der Waals surface area (Å²) in [5, 5.41) is 15.7. The fraction of sp³-hybridized carbons (Fsp3) is 0.227. The molecule has 1 aromatic heterocycles. The number of nitrogens with one attached hydrogen (secondary N) is 2. The van der Waals surface area contributed by atoms with Gasteiger partial charge in [0.1, 0.15) is 6.61 Å². The van der Waals surface area contributed by atoms with E-state index >= 15 is 0 Å². The quantitative estimate of drug-likeness (QED) is 0.312. The Balaban J connectivity index is 1.85. The van der Waals surface area contributed by atoms with Crippen LogP contribution in [0.3, 0.4) is 0 Å². The lowest BCUT2D eigenvalue weighted by Crippen LogP contribution is -2.15. The van der Waals surface area contributed by atoms with Gasteiger partial charge in [-0.2, -0.15) is 5.10 Å². The van der Waals surface area contributed by atoms with Gasteiger partial charge in [0.2, 0.25) is 11.7 Å². The Kier molecular flexibility index (Phi) is 6.83. The number of nitrogens with zero attached hydrogens (tertiary/aromatic N) is 3. The van der Waals surface area contributed by atoms with E-state index in [2.05, 4.69) is 20.5 Å². The third-order valence-corrected chi connectivity index (χ3v) is 4.72. The van der Waals surface area contributed by atoms with Crippen LogP contribution in [0.2, 0.25) is 0 Å². The second-order valence-corrected chi connectivity index (χ2v) is 7.10. The maximum Gasteiger partial charge on any atom is 0.315 e. The van der Waals surface area contributed by atoms with Crippen molar-refractivity contribution in [1.82, 2.24) is 9.97 Å². The van der Waals surface area contributed by atoms with E-state index in [1.807, 2.05) is 31.2 Å². The highest BCUT2D eigenvalue weighted by Crippen LogP contribution is 2.38. The number of hydrogen-bond acceptors (Lipinski definition) is 8. The van der Waals surface area contributed by atoms with Crippen molar-refractivity contribution < 1.29 is 14.4 Å². The molecule has 0 atom stereocenters. The molecule has 0 saturated carbocycles. The van der Waals surface area contributed by atoms with Crippen molar-refractivity contribution in [2.45, 2.75) is 27.4 Å². The van der Waals surface area contributed by atoms with Gasteiger partial charge in [-0.15, -0.1) is 0 Å². The number of aromatic nitrogens is 2. The molecular weight excluding hydrogens is 414 g/mol. The minimum atomic E-state index is -0.540. The lowest BCUT2D eigenvalue weighted by atomic mass is 10.1. The SMILES string of the molecule is COc1cc(/C=N\Nc2nc(C)c(C)c(=O)[nH]2)cc([N+](=O)[O-])c1OCc1cccc(C)c1. The molecule has 0 unspecified atom stereocenters. The first-order chi connectivity index (χ1) is 15.3. The van der Waals surface area contributed by atoms with E-state index in [4.69, 9.17) is 9.47 Å². The van der Waals surface area contributed by atoms with E-state index < -0.39 is 4.92 Å². The van der Waals surface area contributed by atoms with E-state index in [9.17, 15) is 14.9 Å². The van der Waals surface area contributed by atoms with Gasteiger partial charge in [0.25, 0.3) is 5.56 Å². The van der Waals surface area contributed by atoms with Gasteiger partial charge < -0.3 is 9.47 Å². The predicted octanol–water partition coefficient (Wildman–Crippen LogP) is 3.64. The number of benzene rings is 2. The zero-order valence-electron chi connectivity index (χ0n) is 18.1. The molecule has 3 aromatic rings. The molecule has 10 heteroatoms. The molecule has 0 spiro atoms. The number of ether oxygens (including phenoxy) is 2. The molecule has 1 heterocycles. The zero-order valence-corrected chi connectivity index (χ0v) is 18.1. The van der Waals surface area contributed by atoms with Crippen LogP contribution in [0.25, 0.3) is 0 Å². The van der Waals surface area contributed by atoms with Crippen molar-refractivity contribution in [3.63, 3.8) is 0 Å². The second kappa shape index (κ2) is 9.73. The number of aromatic amines is 1. The van der Waals surface area contributed by atoms with Crippen molar-refractivity contribution in [3.05, 3.63) is 84.8 Å². The van der Waals surface area contributed by atoms with Crippen LogP contribution in [-0.4, -0.2) is 28.2 Å². The van der Waals surface area contributed by atoms with Crippen molar-refractivity contribution in [2.24, 2.45) is 5.10 Å². The molecule has 2 N–H and O–H groups in total. The van der Waals surface area contributed by atoms with Crippen LogP contribution in [0.5, 0.6) is 11.5 Å². The lowest BCUT2D eigenvalue weighted by Gasteiger charge is -2.12. The number of rotatable bonds is 8. The third-order valence-electron chi connectivity index (χ3n) is 4.72. The highest BCUT2D eigenvalue weighted by Gasteiger charge is 2.22. The minimum Gasteiger partial charge on any atom is -0.493 e. The standard InChI is InChI=1S/C22H23N5O5/c1-13-6-5-7-16(8-13)12-32-20-18(27(29)30)9-17(10-19(20)31-4)11-23-26-22-24-15(3)14(2)21(28)25-22/h5-11H,12H2,1-4H3,(H2,24,25,26,28)/b23-11-. The number of nitro benzene ring substituents is 1. The summed E-state index contributed by atoms with van der Waals surface area (Å²) in [6.45, 7) is 5.49. The molecule has 0 aliphatic heterocycles. The number of hydrogen-bond donors (Lipinski definition) is 2. The predicted molar refractivity (Wildman–Crippen MR) is 121 cm³/mol. The lowest BCUT2D eigenvalue weighted by molar-refractivity contribution is -0.386. The summed E-state index contributed by atoms with van der Waals surface area (Å²) in [6, 6.07) is 10.6. The van der Waals surface area contributed by atoms with E-state index in [-0.39, 0.29) is 35.3 Å². The average molecular weight is 437 g/mol. The van der Waals surface area contributed by atoms with Crippen LogP contribution < -0.4 is 20.5 Å². The van der Waals surface area contributed by atoms with E-state index in [1.165, 1.54) is 19.4 Å². The summed E-state index contributed by atoms with van der Waals surface area (Å²) in [5.74, 6) is 0.393. The summed E-state index contributed by atoms with van der Waals surface area (Å²) in [7, 11) is 1.40. The molecular formula is C22H23N5O5. The van der Waals surface area contributed by atoms with Crippen molar-refractivity contribution >= 4 is 17.9 Å². The Labute approximate surface area is 184 Å². The molecule has 0 saturated heterocycles. The topological polar surface area (TPSA) is 132 Å². The van der Waals surface area contributed by atoms with E-state index in [1.54, 1.807) is 19.9 Å². The number of hydrazone groups is 1. The van der Waals surface area contributed by atoms with Crippen LogP contribution in [0, 0.1) is 30.9 Å². The maximum atomic E-state index is 11.8. The number of aryl methyl sites for hydroxylation is 2. The minimum absolute atomic E-state index is 0.0317. The summed E-state index contributed by atoms with van der Waals surface area (Å²) >= 11 is 0. The summed E-state index contributed by atoms with van der Waals surface area (Å²) in [4.78, 5) is 29.7. The van der Waals surface area contributed by atoms with Gasteiger partial charge in [-0.05, 0) is 32.4 Å². The molecule has 0 radical (unpaired) electrons. The summed E-state index contributed by atoms with van der Waals surface area (Å²) < 4.78 is 11.1. The van der Waals surface area contributed by atoms with Gasteiger partial charge in [-0.3, -0.25) is 19.9 Å². The monoisotopic (exact) mass is 437 g/mol. The Morgan fingerprint density at radius 1 is 1.25 bits per heavy atom. The Morgan fingerprint density at radius 2 is 2.03 bits per heavy atom. The van der Waals surface area contributed by atoms with Crippen molar-refractivity contribution in [3.8, 4) is 11.5 Å². The van der Waals surface area contributed by atoms with E-state index in [0.29, 0.717) is 16.8 Å². The molecule has 0 amide bonds. The fourth-order valence-electron chi connectivity index (χ4n) is 2.94. The van der Waals surface area contributed by atoms with Crippen LogP contribution in [0.4, 0.5) is 11.6 Å². The number of nitro groups is 1. The Hall–Kier alpha value is -4.21. The third kappa shape index (κ3) is 5.28. The molecule has 0 bridgehead atoms. The Morgan fingerprint density at radius 3 is 2.69 bits per heavy atom. The average Bonchev–Trinajstić information content (AvgIpc) is 2.75. The summed E-state index contributed by atoms with van der Waals surface area (Å²) in [5.41, 5.74) is 5.51. The van der Waals surface area contributed by atoms with E-state index in [0.717, 1.165) is 11.1 Å². The van der Waals surface area contributed by atoms with Gasteiger partial charge in [0.15, 0.2) is 5.75 Å². The van der Waals surface area contributed by atoms with Gasteiger partial charge in [0, 0.05) is 22.9 Å².